The zero-order valence-corrected chi connectivity index (χ0v) is 12.1. The lowest BCUT2D eigenvalue weighted by molar-refractivity contribution is 1.13. The molecule has 110 valence electrons. The molecule has 3 N–H and O–H groups in total. The van der Waals surface area contributed by atoms with E-state index in [4.69, 9.17) is 5.73 Å². The molecule has 0 bridgehead atoms. The van der Waals surface area contributed by atoms with E-state index >= 15 is 0 Å². The Morgan fingerprint density at radius 1 is 0.636 bits per heavy atom. The number of rotatable bonds is 3. The molecule has 0 fully saturated rings. The van der Waals surface area contributed by atoms with Gasteiger partial charge >= 0.3 is 0 Å². The molecule has 0 aromatic heterocycles. The van der Waals surface area contributed by atoms with Crippen molar-refractivity contribution in [2.24, 2.45) is 10.3 Å². The molecule has 0 aliphatic rings. The standard InChI is InChI=1S/C12H11N3.C6H7N/c1-3-7-11(8-4-1)13-15-14-12-9-5-2-6-10-12;7-6-4-2-1-3-5-6/h1-10H,(H,13,14);1-5H,7H2. The van der Waals surface area contributed by atoms with Gasteiger partial charge in [0.1, 0.15) is 0 Å². The maximum absolute atomic E-state index is 5.36. The van der Waals surface area contributed by atoms with Crippen LogP contribution in [0.2, 0.25) is 0 Å². The number of hydrogen-bond donors (Lipinski definition) is 2. The SMILES string of the molecule is Nc1ccccc1.c1ccc(N=NNc2ccccc2)cc1. The van der Waals surface area contributed by atoms with Crippen molar-refractivity contribution in [1.29, 1.82) is 0 Å². The number of nitrogens with two attached hydrogens (primary N) is 1. The summed E-state index contributed by atoms with van der Waals surface area (Å²) in [5.41, 5.74) is 10.8. The molecule has 3 aromatic carbocycles. The predicted molar refractivity (Wildman–Crippen MR) is 91.9 cm³/mol. The topological polar surface area (TPSA) is 62.8 Å². The van der Waals surface area contributed by atoms with Gasteiger partial charge in [0.2, 0.25) is 0 Å². The number of benzene rings is 3. The molecule has 3 aromatic rings. The molecule has 0 aliphatic heterocycles. The van der Waals surface area contributed by atoms with Crippen LogP contribution in [0.25, 0.3) is 0 Å². The first kappa shape index (κ1) is 15.3. The Labute approximate surface area is 130 Å². The van der Waals surface area contributed by atoms with Crippen molar-refractivity contribution < 1.29 is 0 Å². The zero-order valence-electron chi connectivity index (χ0n) is 12.1. The van der Waals surface area contributed by atoms with Gasteiger partial charge in [-0.3, -0.25) is 5.43 Å². The smallest absolute Gasteiger partial charge is 0.0874 e. The molecule has 0 atom stereocenters. The van der Waals surface area contributed by atoms with Crippen molar-refractivity contribution in [3.8, 4) is 0 Å². The average molecular weight is 290 g/mol. The third-order valence-electron chi connectivity index (χ3n) is 2.67. The summed E-state index contributed by atoms with van der Waals surface area (Å²) in [6, 6.07) is 28.8. The van der Waals surface area contributed by atoms with E-state index in [2.05, 4.69) is 15.8 Å². The van der Waals surface area contributed by atoms with Crippen LogP contribution in [0.3, 0.4) is 0 Å². The van der Waals surface area contributed by atoms with E-state index in [0.29, 0.717) is 0 Å². The number of nitrogen functional groups attached to an aromatic ring is 1. The Hall–Kier alpha value is -3.14. The second-order valence-electron chi connectivity index (χ2n) is 4.42. The third-order valence-corrected chi connectivity index (χ3v) is 2.67. The first-order valence-corrected chi connectivity index (χ1v) is 6.92. The van der Waals surface area contributed by atoms with Gasteiger partial charge in [-0.15, -0.1) is 5.11 Å². The number of nitrogens with one attached hydrogen (secondary N) is 1. The molecular formula is C18H18N4. The molecule has 0 aliphatic carbocycles. The molecule has 0 radical (unpaired) electrons. The van der Waals surface area contributed by atoms with Gasteiger partial charge in [-0.05, 0) is 36.4 Å². The molecule has 0 heterocycles. The molecule has 4 nitrogen and oxygen atoms in total. The van der Waals surface area contributed by atoms with E-state index < -0.39 is 0 Å². The summed E-state index contributed by atoms with van der Waals surface area (Å²) in [7, 11) is 0. The summed E-state index contributed by atoms with van der Waals surface area (Å²) in [5.74, 6) is 0. The number of para-hydroxylation sites is 2. The van der Waals surface area contributed by atoms with Crippen LogP contribution in [-0.2, 0) is 0 Å². The Balaban J connectivity index is 0.000000211. The highest BCUT2D eigenvalue weighted by Crippen LogP contribution is 2.11. The summed E-state index contributed by atoms with van der Waals surface area (Å²) >= 11 is 0. The van der Waals surface area contributed by atoms with Gasteiger partial charge in [0.05, 0.1) is 11.4 Å². The molecule has 3 rings (SSSR count). The van der Waals surface area contributed by atoms with Crippen LogP contribution in [-0.4, -0.2) is 0 Å². The zero-order chi connectivity index (χ0) is 15.5. The van der Waals surface area contributed by atoms with E-state index in [0.717, 1.165) is 17.1 Å². The molecule has 0 saturated heterocycles. The molecule has 4 heteroatoms. The van der Waals surface area contributed by atoms with E-state index in [9.17, 15) is 0 Å². The van der Waals surface area contributed by atoms with Crippen LogP contribution in [0.5, 0.6) is 0 Å². The molecule has 0 saturated carbocycles. The minimum absolute atomic E-state index is 0.822. The Bertz CT molecular complexity index is 667. The fourth-order valence-electron chi connectivity index (χ4n) is 1.60. The highest BCUT2D eigenvalue weighted by molar-refractivity contribution is 5.42. The summed E-state index contributed by atoms with van der Waals surface area (Å²) < 4.78 is 0. The van der Waals surface area contributed by atoms with E-state index in [1.165, 1.54) is 0 Å². The van der Waals surface area contributed by atoms with Crippen molar-refractivity contribution in [2.75, 3.05) is 11.2 Å². The summed E-state index contributed by atoms with van der Waals surface area (Å²) in [6.45, 7) is 0. The fourth-order valence-corrected chi connectivity index (χ4v) is 1.60. The first-order valence-electron chi connectivity index (χ1n) is 6.92. The normalized spacial score (nSPS) is 9.82. The van der Waals surface area contributed by atoms with Crippen molar-refractivity contribution in [3.63, 3.8) is 0 Å². The molecule has 0 unspecified atom stereocenters. The van der Waals surface area contributed by atoms with Crippen LogP contribution in [0.4, 0.5) is 17.1 Å². The summed E-state index contributed by atoms with van der Waals surface area (Å²) in [6.07, 6.45) is 0. The lowest BCUT2D eigenvalue weighted by Gasteiger charge is -1.96. The predicted octanol–water partition coefficient (Wildman–Crippen LogP) is 5.07. The van der Waals surface area contributed by atoms with Crippen LogP contribution in [0.1, 0.15) is 0 Å². The Morgan fingerprint density at radius 3 is 1.64 bits per heavy atom. The first-order chi connectivity index (χ1) is 10.8. The minimum Gasteiger partial charge on any atom is -0.399 e. The Kier molecular flexibility index (Phi) is 6.18. The van der Waals surface area contributed by atoms with Crippen molar-refractivity contribution in [1.82, 2.24) is 0 Å². The van der Waals surface area contributed by atoms with Crippen molar-refractivity contribution in [3.05, 3.63) is 91.0 Å². The number of hydrogen-bond acceptors (Lipinski definition) is 3. The van der Waals surface area contributed by atoms with Crippen LogP contribution < -0.4 is 11.2 Å². The monoisotopic (exact) mass is 290 g/mol. The lowest BCUT2D eigenvalue weighted by atomic mass is 10.3. The number of nitrogens with zero attached hydrogens (tertiary/aromatic N) is 2. The van der Waals surface area contributed by atoms with E-state index in [-0.39, 0.29) is 0 Å². The largest absolute Gasteiger partial charge is 0.399 e. The second kappa shape index (κ2) is 8.92. The summed E-state index contributed by atoms with van der Waals surface area (Å²) in [4.78, 5) is 0. The van der Waals surface area contributed by atoms with Gasteiger partial charge in [0.15, 0.2) is 0 Å². The Morgan fingerprint density at radius 2 is 1.14 bits per heavy atom. The molecule has 0 amide bonds. The van der Waals surface area contributed by atoms with E-state index in [1.54, 1.807) is 0 Å². The molecular weight excluding hydrogens is 272 g/mol. The highest BCUT2D eigenvalue weighted by Gasteiger charge is 1.86. The average Bonchev–Trinajstić information content (AvgIpc) is 2.58. The van der Waals surface area contributed by atoms with Gasteiger partial charge < -0.3 is 5.73 Å². The van der Waals surface area contributed by atoms with E-state index in [1.807, 2.05) is 91.0 Å². The van der Waals surface area contributed by atoms with Gasteiger partial charge in [-0.1, -0.05) is 59.8 Å². The highest BCUT2D eigenvalue weighted by atomic mass is 15.4. The van der Waals surface area contributed by atoms with Gasteiger partial charge in [-0.25, -0.2) is 0 Å². The molecule has 0 spiro atoms. The van der Waals surface area contributed by atoms with Crippen LogP contribution >= 0.6 is 0 Å². The van der Waals surface area contributed by atoms with Crippen molar-refractivity contribution >= 4 is 17.1 Å². The lowest BCUT2D eigenvalue weighted by Crippen LogP contribution is -1.84. The van der Waals surface area contributed by atoms with Crippen molar-refractivity contribution in [2.45, 2.75) is 0 Å². The fraction of sp³-hybridized carbons (Fsp3) is 0. The van der Waals surface area contributed by atoms with Crippen LogP contribution in [0.15, 0.2) is 101 Å². The quantitative estimate of drug-likeness (QED) is 0.402. The van der Waals surface area contributed by atoms with Gasteiger partial charge in [0, 0.05) is 5.69 Å². The second-order valence-corrected chi connectivity index (χ2v) is 4.42. The third kappa shape index (κ3) is 5.88. The molecule has 22 heavy (non-hydrogen) atoms. The minimum atomic E-state index is 0.822. The number of anilines is 2. The van der Waals surface area contributed by atoms with Gasteiger partial charge in [0.25, 0.3) is 0 Å². The summed E-state index contributed by atoms with van der Waals surface area (Å²) in [5, 5.41) is 7.90. The van der Waals surface area contributed by atoms with Gasteiger partial charge in [-0.2, -0.15) is 0 Å². The maximum Gasteiger partial charge on any atom is 0.0874 e. The maximum atomic E-state index is 5.36. The van der Waals surface area contributed by atoms with Crippen LogP contribution in [0, 0.1) is 0 Å².